The van der Waals surface area contributed by atoms with Crippen LogP contribution >= 0.6 is 15.9 Å². The number of alkyl halides is 3. The van der Waals surface area contributed by atoms with Gasteiger partial charge in [0.15, 0.2) is 0 Å². The van der Waals surface area contributed by atoms with Crippen LogP contribution in [0.2, 0.25) is 0 Å². The Kier molecular flexibility index (Phi) is 3.75. The Morgan fingerprint density at radius 1 is 1.33 bits per heavy atom. The number of nitrogens with two attached hydrogens (primary N) is 1. The third-order valence-corrected chi connectivity index (χ3v) is 3.52. The molecular weight excluding hydrogens is 343 g/mol. The molecule has 0 atom stereocenters. The van der Waals surface area contributed by atoms with Gasteiger partial charge in [-0.3, -0.25) is 0 Å². The number of aromatic carboxylic acids is 1. The molecule has 0 aromatic heterocycles. The first kappa shape index (κ1) is 14.9. The number of hydrogen-bond donors (Lipinski definition) is 2. The second-order valence-corrected chi connectivity index (χ2v) is 5.56. The van der Waals surface area contributed by atoms with E-state index in [-0.39, 0.29) is 0 Å². The molecule has 10 heteroatoms. The fourth-order valence-corrected chi connectivity index (χ4v) is 2.45. The number of rotatable bonds is 2. The predicted molar refractivity (Wildman–Crippen MR) is 57.5 cm³/mol. The Labute approximate surface area is 108 Å². The molecular formula is C8H5BrF3NO4S. The molecule has 0 spiro atoms. The van der Waals surface area contributed by atoms with Crippen molar-refractivity contribution in [1.29, 1.82) is 0 Å². The van der Waals surface area contributed by atoms with Crippen LogP contribution in [-0.2, 0) is 16.2 Å². The topological polar surface area (TPSA) is 97.5 Å². The molecule has 0 bridgehead atoms. The Hall–Kier alpha value is -1.13. The SMILES string of the molecule is NS(=O)(=O)c1cc(C(=O)O)c(Br)cc1C(F)(F)F. The maximum absolute atomic E-state index is 12.6. The van der Waals surface area contributed by atoms with E-state index in [4.69, 9.17) is 5.11 Å². The molecule has 0 saturated carbocycles. The molecule has 1 rings (SSSR count). The summed E-state index contributed by atoms with van der Waals surface area (Å²) in [6.07, 6.45) is -4.97. The Bertz CT molecular complexity index is 612. The molecule has 5 nitrogen and oxygen atoms in total. The third kappa shape index (κ3) is 3.00. The second kappa shape index (κ2) is 4.52. The van der Waals surface area contributed by atoms with E-state index < -0.39 is 42.7 Å². The molecule has 3 N–H and O–H groups in total. The van der Waals surface area contributed by atoms with Crippen molar-refractivity contribution < 1.29 is 31.5 Å². The van der Waals surface area contributed by atoms with E-state index in [1.165, 1.54) is 0 Å². The molecule has 0 saturated heterocycles. The minimum Gasteiger partial charge on any atom is -0.478 e. The lowest BCUT2D eigenvalue weighted by Crippen LogP contribution is -2.20. The average Bonchev–Trinajstić information content (AvgIpc) is 2.13. The summed E-state index contributed by atoms with van der Waals surface area (Å²) in [4.78, 5) is 9.43. The number of carbonyl (C=O) groups is 1. The van der Waals surface area contributed by atoms with E-state index >= 15 is 0 Å². The Morgan fingerprint density at radius 2 is 1.83 bits per heavy atom. The summed E-state index contributed by atoms with van der Waals surface area (Å²) in [5.74, 6) is -1.58. The normalized spacial score (nSPS) is 12.5. The van der Waals surface area contributed by atoms with Crippen LogP contribution in [0.4, 0.5) is 13.2 Å². The van der Waals surface area contributed by atoms with Gasteiger partial charge in [0.1, 0.15) is 0 Å². The van der Waals surface area contributed by atoms with Crippen molar-refractivity contribution in [2.75, 3.05) is 0 Å². The molecule has 18 heavy (non-hydrogen) atoms. The standard InChI is InChI=1S/C8H5BrF3NO4S/c9-5-2-4(8(10,11)12)6(18(13,16)17)1-3(5)7(14)15/h1-2H,(H,14,15)(H2,13,16,17). The lowest BCUT2D eigenvalue weighted by Gasteiger charge is -2.13. The first-order chi connectivity index (χ1) is 7.94. The van der Waals surface area contributed by atoms with Gasteiger partial charge in [0.25, 0.3) is 0 Å². The minimum atomic E-state index is -4.97. The van der Waals surface area contributed by atoms with E-state index in [0.29, 0.717) is 12.1 Å². The molecule has 1 aromatic carbocycles. The second-order valence-electron chi connectivity index (χ2n) is 3.18. The van der Waals surface area contributed by atoms with E-state index in [0.717, 1.165) is 0 Å². The first-order valence-electron chi connectivity index (χ1n) is 4.11. The summed E-state index contributed by atoms with van der Waals surface area (Å²) in [5.41, 5.74) is -2.16. The largest absolute Gasteiger partial charge is 0.478 e. The minimum absolute atomic E-state index is 0.364. The lowest BCUT2D eigenvalue weighted by atomic mass is 10.1. The smallest absolute Gasteiger partial charge is 0.417 e. The number of benzene rings is 1. The van der Waals surface area contributed by atoms with Crippen molar-refractivity contribution >= 4 is 31.9 Å². The van der Waals surface area contributed by atoms with Gasteiger partial charge in [-0.15, -0.1) is 0 Å². The van der Waals surface area contributed by atoms with Crippen molar-refractivity contribution in [1.82, 2.24) is 0 Å². The van der Waals surface area contributed by atoms with Gasteiger partial charge in [-0.25, -0.2) is 18.4 Å². The highest BCUT2D eigenvalue weighted by Gasteiger charge is 2.37. The van der Waals surface area contributed by atoms with Crippen LogP contribution in [0.25, 0.3) is 0 Å². The van der Waals surface area contributed by atoms with Crippen LogP contribution in [0, 0.1) is 0 Å². The number of carboxylic acids is 1. The summed E-state index contributed by atoms with van der Waals surface area (Å²) in [6.45, 7) is 0. The van der Waals surface area contributed by atoms with Gasteiger partial charge < -0.3 is 5.11 Å². The van der Waals surface area contributed by atoms with Gasteiger partial charge in [0, 0.05) is 4.47 Å². The van der Waals surface area contributed by atoms with Crippen LogP contribution in [0.1, 0.15) is 15.9 Å². The van der Waals surface area contributed by atoms with E-state index in [9.17, 15) is 26.4 Å². The predicted octanol–water partition coefficient (Wildman–Crippen LogP) is 1.81. The van der Waals surface area contributed by atoms with Gasteiger partial charge in [0.2, 0.25) is 10.0 Å². The van der Waals surface area contributed by atoms with Crippen LogP contribution < -0.4 is 5.14 Å². The Morgan fingerprint density at radius 3 is 2.17 bits per heavy atom. The zero-order valence-electron chi connectivity index (χ0n) is 8.32. The van der Waals surface area contributed by atoms with Gasteiger partial charge in [0.05, 0.1) is 16.0 Å². The van der Waals surface area contributed by atoms with Gasteiger partial charge in [-0.2, -0.15) is 13.2 Å². The molecule has 0 heterocycles. The quantitative estimate of drug-likeness (QED) is 0.852. The average molecular weight is 348 g/mol. The molecule has 0 fully saturated rings. The van der Waals surface area contributed by atoms with Crippen LogP contribution in [0.5, 0.6) is 0 Å². The highest BCUT2D eigenvalue weighted by Crippen LogP contribution is 2.36. The fourth-order valence-electron chi connectivity index (χ4n) is 1.17. The molecule has 0 unspecified atom stereocenters. The zero-order valence-corrected chi connectivity index (χ0v) is 10.7. The van der Waals surface area contributed by atoms with E-state index in [1.54, 1.807) is 0 Å². The lowest BCUT2D eigenvalue weighted by molar-refractivity contribution is -0.139. The van der Waals surface area contributed by atoms with Crippen molar-refractivity contribution in [3.8, 4) is 0 Å². The van der Waals surface area contributed by atoms with Crippen LogP contribution in [-0.4, -0.2) is 19.5 Å². The van der Waals surface area contributed by atoms with Gasteiger partial charge >= 0.3 is 12.1 Å². The summed E-state index contributed by atoms with van der Waals surface area (Å²) in [6, 6.07) is 0.730. The molecule has 0 aliphatic heterocycles. The third-order valence-electron chi connectivity index (χ3n) is 1.91. The van der Waals surface area contributed by atoms with E-state index in [1.807, 2.05) is 0 Å². The highest BCUT2D eigenvalue weighted by molar-refractivity contribution is 9.10. The molecule has 0 aliphatic rings. The monoisotopic (exact) mass is 347 g/mol. The number of sulfonamides is 1. The highest BCUT2D eigenvalue weighted by atomic mass is 79.9. The van der Waals surface area contributed by atoms with Crippen molar-refractivity contribution in [2.24, 2.45) is 5.14 Å². The molecule has 0 radical (unpaired) electrons. The first-order valence-corrected chi connectivity index (χ1v) is 6.45. The Balaban J connectivity index is 3.75. The molecule has 0 amide bonds. The zero-order chi connectivity index (χ0) is 14.3. The fraction of sp³-hybridized carbons (Fsp3) is 0.125. The van der Waals surface area contributed by atoms with Crippen molar-refractivity contribution in [3.63, 3.8) is 0 Å². The van der Waals surface area contributed by atoms with Crippen LogP contribution in [0.3, 0.4) is 0 Å². The summed E-state index contributed by atoms with van der Waals surface area (Å²) < 4.78 is 59.5. The number of halogens is 4. The van der Waals surface area contributed by atoms with Crippen molar-refractivity contribution in [3.05, 3.63) is 27.7 Å². The van der Waals surface area contributed by atoms with Crippen LogP contribution in [0.15, 0.2) is 21.5 Å². The molecule has 100 valence electrons. The maximum Gasteiger partial charge on any atom is 0.417 e. The van der Waals surface area contributed by atoms with Crippen molar-refractivity contribution in [2.45, 2.75) is 11.1 Å². The summed E-state index contributed by atoms with van der Waals surface area (Å²) in [7, 11) is -4.69. The van der Waals surface area contributed by atoms with E-state index in [2.05, 4.69) is 21.1 Å². The van der Waals surface area contributed by atoms with Gasteiger partial charge in [-0.05, 0) is 28.1 Å². The molecule has 0 aliphatic carbocycles. The van der Waals surface area contributed by atoms with Gasteiger partial charge in [-0.1, -0.05) is 0 Å². The summed E-state index contributed by atoms with van der Waals surface area (Å²) in [5, 5.41) is 13.3. The molecule has 1 aromatic rings. The number of primary sulfonamides is 1. The maximum atomic E-state index is 12.6. The summed E-state index contributed by atoms with van der Waals surface area (Å²) >= 11 is 2.62. The number of carboxylic acid groups (broad SMARTS) is 1. The number of hydrogen-bond acceptors (Lipinski definition) is 3.